The standard InChI is InChI=1S/C6H8O/c7-6-4-2-1-3-5-6/h1-2H,3-5H2/i1D. The largest absolute Gasteiger partial charge is 0.299 e. The lowest BCUT2D eigenvalue weighted by molar-refractivity contribution is -0.118. The van der Waals surface area contributed by atoms with Gasteiger partial charge in [0.2, 0.25) is 0 Å². The highest BCUT2D eigenvalue weighted by Crippen LogP contribution is 2.03. The maximum Gasteiger partial charge on any atom is 0.136 e. The second-order valence-electron chi connectivity index (χ2n) is 1.65. The summed E-state index contributed by atoms with van der Waals surface area (Å²) in [5.74, 6) is 0.265. The van der Waals surface area contributed by atoms with Crippen LogP contribution >= 0.6 is 0 Å². The Labute approximate surface area is 44.4 Å². The molecule has 7 heavy (non-hydrogen) atoms. The van der Waals surface area contributed by atoms with Crippen LogP contribution in [-0.2, 0) is 4.79 Å². The topological polar surface area (TPSA) is 17.1 Å². The fraction of sp³-hybridized carbons (Fsp3) is 0.500. The fourth-order valence-corrected chi connectivity index (χ4v) is 0.602. The number of hydrogen-bond acceptors (Lipinski definition) is 1. The molecule has 0 aromatic carbocycles. The first-order valence-electron chi connectivity index (χ1n) is 2.96. The minimum atomic E-state index is 0.265. The van der Waals surface area contributed by atoms with E-state index < -0.39 is 0 Å². The van der Waals surface area contributed by atoms with Crippen molar-refractivity contribution in [3.05, 3.63) is 12.1 Å². The smallest absolute Gasteiger partial charge is 0.136 e. The van der Waals surface area contributed by atoms with Crippen LogP contribution < -0.4 is 0 Å². The van der Waals surface area contributed by atoms with E-state index >= 15 is 0 Å². The number of allylic oxidation sites excluding steroid dienone is 2. The van der Waals surface area contributed by atoms with E-state index in [2.05, 4.69) is 0 Å². The van der Waals surface area contributed by atoms with Crippen molar-refractivity contribution in [1.82, 2.24) is 0 Å². The van der Waals surface area contributed by atoms with E-state index in [0.717, 1.165) is 0 Å². The van der Waals surface area contributed by atoms with Crippen LogP contribution in [-0.4, -0.2) is 5.78 Å². The summed E-state index contributed by atoms with van der Waals surface area (Å²) in [6.45, 7) is 0. The van der Waals surface area contributed by atoms with E-state index in [4.69, 9.17) is 1.37 Å². The van der Waals surface area contributed by atoms with Crippen LogP contribution in [0.25, 0.3) is 0 Å². The predicted octanol–water partition coefficient (Wildman–Crippen LogP) is 1.30. The Bertz CT molecular complexity index is 137. The molecule has 0 aromatic heterocycles. The predicted molar refractivity (Wildman–Crippen MR) is 28.0 cm³/mol. The lowest BCUT2D eigenvalue weighted by atomic mass is 10.1. The molecular weight excluding hydrogens is 88.1 g/mol. The van der Waals surface area contributed by atoms with Gasteiger partial charge in [0.1, 0.15) is 5.78 Å². The molecule has 0 atom stereocenters. The van der Waals surface area contributed by atoms with Gasteiger partial charge in [0.15, 0.2) is 0 Å². The highest BCUT2D eigenvalue weighted by atomic mass is 16.1. The summed E-state index contributed by atoms with van der Waals surface area (Å²) >= 11 is 0. The average Bonchev–Trinajstić information content (AvgIpc) is 1.77. The summed E-state index contributed by atoms with van der Waals surface area (Å²) in [6, 6.07) is 0.615. The molecule has 1 nitrogen and oxygen atoms in total. The highest BCUT2D eigenvalue weighted by molar-refractivity contribution is 5.80. The lowest BCUT2D eigenvalue weighted by Gasteiger charge is -1.97. The van der Waals surface area contributed by atoms with Crippen LogP contribution in [0.3, 0.4) is 0 Å². The van der Waals surface area contributed by atoms with Gasteiger partial charge in [-0.05, 0) is 6.42 Å². The van der Waals surface area contributed by atoms with Gasteiger partial charge in [-0.2, -0.15) is 0 Å². The van der Waals surface area contributed by atoms with E-state index in [1.165, 1.54) is 0 Å². The third-order valence-corrected chi connectivity index (χ3v) is 1.02. The Kier molecular flexibility index (Phi) is 0.935. The molecule has 0 bridgehead atoms. The zero-order valence-corrected chi connectivity index (χ0v) is 4.11. The van der Waals surface area contributed by atoms with Crippen LogP contribution in [0.5, 0.6) is 0 Å². The van der Waals surface area contributed by atoms with Gasteiger partial charge in [0.25, 0.3) is 0 Å². The quantitative estimate of drug-likeness (QED) is 0.416. The van der Waals surface area contributed by atoms with Crippen molar-refractivity contribution in [3.8, 4) is 0 Å². The molecule has 0 aliphatic heterocycles. The van der Waals surface area contributed by atoms with E-state index in [0.29, 0.717) is 25.3 Å². The number of carbonyl (C=O) groups excluding carboxylic acids is 1. The number of Topliss-reactive ketones (excluding diaryl/α,β-unsaturated/α-hetero) is 1. The van der Waals surface area contributed by atoms with Crippen molar-refractivity contribution >= 4 is 5.78 Å². The van der Waals surface area contributed by atoms with Gasteiger partial charge in [0, 0.05) is 12.8 Å². The minimum absolute atomic E-state index is 0.265. The van der Waals surface area contributed by atoms with Crippen LogP contribution in [0.2, 0.25) is 0 Å². The first-order valence-corrected chi connectivity index (χ1v) is 2.46. The molecule has 0 fully saturated rings. The van der Waals surface area contributed by atoms with Crippen molar-refractivity contribution in [2.24, 2.45) is 0 Å². The molecule has 1 aliphatic carbocycles. The molecule has 0 saturated carbocycles. The van der Waals surface area contributed by atoms with Crippen LogP contribution in [0.15, 0.2) is 12.1 Å². The van der Waals surface area contributed by atoms with Gasteiger partial charge in [-0.3, -0.25) is 4.79 Å². The molecule has 0 radical (unpaired) electrons. The molecule has 0 N–H and O–H groups in total. The van der Waals surface area contributed by atoms with Gasteiger partial charge in [-0.1, -0.05) is 12.1 Å². The molecule has 0 heterocycles. The van der Waals surface area contributed by atoms with Gasteiger partial charge >= 0.3 is 0 Å². The van der Waals surface area contributed by atoms with Gasteiger partial charge in [0.05, 0.1) is 1.37 Å². The zero-order valence-electron chi connectivity index (χ0n) is 5.11. The fourth-order valence-electron chi connectivity index (χ4n) is 0.602. The molecule has 0 amide bonds. The molecule has 0 saturated heterocycles. The summed E-state index contributed by atoms with van der Waals surface area (Å²) in [6.07, 6.45) is 3.40. The van der Waals surface area contributed by atoms with Gasteiger partial charge in [-0.15, -0.1) is 0 Å². The summed E-state index contributed by atoms with van der Waals surface area (Å²) in [5, 5.41) is 0. The van der Waals surface area contributed by atoms with Crippen LogP contribution in [0.1, 0.15) is 20.6 Å². The molecule has 0 unspecified atom stereocenters. The Hall–Kier alpha value is -0.590. The van der Waals surface area contributed by atoms with Crippen molar-refractivity contribution in [3.63, 3.8) is 0 Å². The Balaban J connectivity index is 2.55. The second kappa shape index (κ2) is 1.92. The number of carbonyl (C=O) groups is 1. The van der Waals surface area contributed by atoms with E-state index in [1.807, 2.05) is 0 Å². The number of ketones is 1. The van der Waals surface area contributed by atoms with E-state index in [-0.39, 0.29) is 5.78 Å². The summed E-state index contributed by atoms with van der Waals surface area (Å²) < 4.78 is 7.07. The molecule has 38 valence electrons. The average molecular weight is 97.1 g/mol. The Morgan fingerprint density at radius 2 is 2.71 bits per heavy atom. The first kappa shape index (κ1) is 3.42. The minimum Gasteiger partial charge on any atom is -0.299 e. The van der Waals surface area contributed by atoms with Crippen molar-refractivity contribution in [1.29, 1.82) is 0 Å². The number of hydrogen-bond donors (Lipinski definition) is 0. The van der Waals surface area contributed by atoms with E-state index in [9.17, 15) is 4.79 Å². The molecule has 1 rings (SSSR count). The second-order valence-corrected chi connectivity index (χ2v) is 1.65. The maximum atomic E-state index is 10.5. The van der Waals surface area contributed by atoms with Crippen molar-refractivity contribution in [2.45, 2.75) is 19.3 Å². The molecule has 0 aromatic rings. The van der Waals surface area contributed by atoms with Gasteiger partial charge in [-0.25, -0.2) is 0 Å². The summed E-state index contributed by atoms with van der Waals surface area (Å²) in [4.78, 5) is 10.5. The SMILES string of the molecule is [2H]C1=CCC(=O)CC1. The third-order valence-electron chi connectivity index (χ3n) is 1.02. The van der Waals surface area contributed by atoms with Crippen molar-refractivity contribution < 1.29 is 6.17 Å². The maximum absolute atomic E-state index is 10.5. The number of rotatable bonds is 0. The van der Waals surface area contributed by atoms with Crippen LogP contribution in [0.4, 0.5) is 0 Å². The van der Waals surface area contributed by atoms with Crippen LogP contribution in [0, 0.1) is 0 Å². The molecule has 1 heteroatoms. The highest BCUT2D eigenvalue weighted by Gasteiger charge is 1.99. The molecular formula is C6H8O. The van der Waals surface area contributed by atoms with Gasteiger partial charge < -0.3 is 0 Å². The Morgan fingerprint density at radius 1 is 1.86 bits per heavy atom. The normalized spacial score (nSPS) is 23.7. The monoisotopic (exact) mass is 97.1 g/mol. The lowest BCUT2D eigenvalue weighted by Crippen LogP contribution is -1.97. The molecule has 1 aliphatic rings. The third kappa shape index (κ3) is 1.15. The summed E-state index contributed by atoms with van der Waals surface area (Å²) in [5.41, 5.74) is 0. The first-order chi connectivity index (χ1) is 3.79. The summed E-state index contributed by atoms with van der Waals surface area (Å²) in [7, 11) is 0. The Morgan fingerprint density at radius 3 is 3.14 bits per heavy atom. The molecule has 0 spiro atoms. The zero-order chi connectivity index (χ0) is 5.98. The van der Waals surface area contributed by atoms with Crippen molar-refractivity contribution in [2.75, 3.05) is 0 Å². The van der Waals surface area contributed by atoms with E-state index in [1.54, 1.807) is 6.08 Å².